The molecule has 1 unspecified atom stereocenters. The van der Waals surface area contributed by atoms with E-state index in [1.54, 1.807) is 0 Å². The van der Waals surface area contributed by atoms with Crippen LogP contribution in [-0.2, 0) is 9.59 Å². The predicted molar refractivity (Wildman–Crippen MR) is 61.2 cm³/mol. The van der Waals surface area contributed by atoms with Gasteiger partial charge in [-0.15, -0.1) is 0 Å². The fraction of sp³-hybridized carbons (Fsp3) is 0.667. The third-order valence-electron chi connectivity index (χ3n) is 2.39. The lowest BCUT2D eigenvalue weighted by molar-refractivity contribution is -0.155. The summed E-state index contributed by atoms with van der Waals surface area (Å²) < 4.78 is 0. The monoisotopic (exact) mass is 228 g/mol. The second-order valence-electron chi connectivity index (χ2n) is 4.01. The smallest absolute Gasteiger partial charge is 0.317 e. The summed E-state index contributed by atoms with van der Waals surface area (Å²) in [5, 5.41) is 17.4. The van der Waals surface area contributed by atoms with Crippen molar-refractivity contribution in [3.63, 3.8) is 0 Å². The van der Waals surface area contributed by atoms with Crippen molar-refractivity contribution in [2.75, 3.05) is 0 Å². The molecular weight excluding hydrogens is 208 g/mol. The highest BCUT2D eigenvalue weighted by Gasteiger charge is 2.26. The van der Waals surface area contributed by atoms with Crippen LogP contribution in [-0.4, -0.2) is 22.2 Å². The number of allylic oxidation sites excluding steroid dienone is 2. The van der Waals surface area contributed by atoms with Gasteiger partial charge in [0.15, 0.2) is 5.92 Å². The van der Waals surface area contributed by atoms with Crippen LogP contribution in [0.5, 0.6) is 0 Å². The van der Waals surface area contributed by atoms with Gasteiger partial charge in [-0.3, -0.25) is 9.59 Å². The van der Waals surface area contributed by atoms with E-state index in [0.717, 1.165) is 19.3 Å². The summed E-state index contributed by atoms with van der Waals surface area (Å²) in [5.41, 5.74) is 0. The van der Waals surface area contributed by atoms with Crippen LogP contribution in [0.25, 0.3) is 0 Å². The van der Waals surface area contributed by atoms with Crippen molar-refractivity contribution in [3.8, 4) is 0 Å². The average Bonchev–Trinajstić information content (AvgIpc) is 2.20. The molecule has 0 radical (unpaired) electrons. The minimum absolute atomic E-state index is 0.0194. The van der Waals surface area contributed by atoms with E-state index in [-0.39, 0.29) is 12.3 Å². The highest BCUT2D eigenvalue weighted by Crippen LogP contribution is 2.14. The zero-order chi connectivity index (χ0) is 12.6. The molecule has 4 nitrogen and oxygen atoms in total. The van der Waals surface area contributed by atoms with E-state index in [1.807, 2.05) is 19.1 Å². The van der Waals surface area contributed by atoms with Crippen molar-refractivity contribution in [2.45, 2.75) is 39.5 Å². The van der Waals surface area contributed by atoms with Gasteiger partial charge in [-0.25, -0.2) is 0 Å². The molecule has 0 aliphatic heterocycles. The quantitative estimate of drug-likeness (QED) is 0.380. The molecule has 1 atom stereocenters. The molecular formula is C12H20O4. The molecule has 4 heteroatoms. The Labute approximate surface area is 96.0 Å². The summed E-state index contributed by atoms with van der Waals surface area (Å²) in [6.07, 6.45) is 7.22. The minimum Gasteiger partial charge on any atom is -0.481 e. The van der Waals surface area contributed by atoms with Gasteiger partial charge >= 0.3 is 11.9 Å². The number of carbonyl (C=O) groups is 2. The Kier molecular flexibility index (Phi) is 7.25. The fourth-order valence-corrected chi connectivity index (χ4v) is 1.41. The third-order valence-corrected chi connectivity index (χ3v) is 2.39. The molecule has 0 aromatic carbocycles. The first kappa shape index (κ1) is 14.7. The molecule has 0 fully saturated rings. The Balaban J connectivity index is 4.09. The van der Waals surface area contributed by atoms with Crippen molar-refractivity contribution in [1.82, 2.24) is 0 Å². The van der Waals surface area contributed by atoms with Gasteiger partial charge in [0.25, 0.3) is 0 Å². The van der Waals surface area contributed by atoms with Crippen LogP contribution in [0.4, 0.5) is 0 Å². The average molecular weight is 228 g/mol. The lowest BCUT2D eigenvalue weighted by Crippen LogP contribution is -2.25. The second kappa shape index (κ2) is 7.91. The van der Waals surface area contributed by atoms with Crippen LogP contribution < -0.4 is 0 Å². The number of unbranched alkanes of at least 4 members (excludes halogenated alkanes) is 2. The van der Waals surface area contributed by atoms with E-state index >= 15 is 0 Å². The molecule has 0 saturated carbocycles. The number of carboxylic acid groups (broad SMARTS) is 2. The lowest BCUT2D eigenvalue weighted by Gasteiger charge is -2.10. The van der Waals surface area contributed by atoms with Crippen molar-refractivity contribution < 1.29 is 19.8 Å². The molecule has 0 aliphatic rings. The maximum atomic E-state index is 10.6. The second-order valence-corrected chi connectivity index (χ2v) is 4.01. The van der Waals surface area contributed by atoms with E-state index in [9.17, 15) is 9.59 Å². The molecule has 0 aromatic heterocycles. The Morgan fingerprint density at radius 1 is 1.25 bits per heavy atom. The predicted octanol–water partition coefficient (Wildman–Crippen LogP) is 2.54. The Morgan fingerprint density at radius 2 is 1.81 bits per heavy atom. The molecule has 0 aromatic rings. The van der Waals surface area contributed by atoms with E-state index < -0.39 is 17.9 Å². The number of carboxylic acids is 2. The van der Waals surface area contributed by atoms with E-state index in [2.05, 4.69) is 6.92 Å². The molecule has 0 amide bonds. The molecule has 16 heavy (non-hydrogen) atoms. The number of hydrogen-bond donors (Lipinski definition) is 2. The summed E-state index contributed by atoms with van der Waals surface area (Å²) in [4.78, 5) is 21.3. The number of rotatable bonds is 8. The van der Waals surface area contributed by atoms with E-state index in [0.29, 0.717) is 0 Å². The Bertz CT molecular complexity index is 244. The molecule has 2 N–H and O–H groups in total. The van der Waals surface area contributed by atoms with Crippen molar-refractivity contribution in [2.24, 2.45) is 11.8 Å². The van der Waals surface area contributed by atoms with Gasteiger partial charge in [0.05, 0.1) is 0 Å². The van der Waals surface area contributed by atoms with Crippen molar-refractivity contribution >= 4 is 11.9 Å². The fourth-order valence-electron chi connectivity index (χ4n) is 1.41. The molecule has 0 saturated heterocycles. The number of aliphatic carboxylic acids is 2. The number of hydrogen-bond acceptors (Lipinski definition) is 2. The van der Waals surface area contributed by atoms with Crippen LogP contribution in [0.15, 0.2) is 12.2 Å². The first-order valence-electron chi connectivity index (χ1n) is 5.61. The summed E-state index contributed by atoms with van der Waals surface area (Å²) in [5.74, 6) is -3.84. The maximum Gasteiger partial charge on any atom is 0.317 e. The van der Waals surface area contributed by atoms with Crippen LogP contribution in [0, 0.1) is 11.8 Å². The van der Waals surface area contributed by atoms with E-state index in [4.69, 9.17) is 10.2 Å². The first-order valence-corrected chi connectivity index (χ1v) is 5.61. The molecule has 92 valence electrons. The third kappa shape index (κ3) is 6.22. The van der Waals surface area contributed by atoms with Crippen LogP contribution >= 0.6 is 0 Å². The zero-order valence-electron chi connectivity index (χ0n) is 9.85. The van der Waals surface area contributed by atoms with Crippen molar-refractivity contribution in [1.29, 1.82) is 0 Å². The van der Waals surface area contributed by atoms with E-state index in [1.165, 1.54) is 0 Å². The van der Waals surface area contributed by atoms with Gasteiger partial charge in [-0.05, 0) is 18.8 Å². The minimum atomic E-state index is -1.30. The highest BCUT2D eigenvalue weighted by molar-refractivity contribution is 5.92. The summed E-state index contributed by atoms with van der Waals surface area (Å²) >= 11 is 0. The van der Waals surface area contributed by atoms with Crippen molar-refractivity contribution in [3.05, 3.63) is 12.2 Å². The summed E-state index contributed by atoms with van der Waals surface area (Å²) in [7, 11) is 0. The normalized spacial score (nSPS) is 13.2. The van der Waals surface area contributed by atoms with Gasteiger partial charge in [-0.1, -0.05) is 38.8 Å². The van der Waals surface area contributed by atoms with Gasteiger partial charge in [-0.2, -0.15) is 0 Å². The van der Waals surface area contributed by atoms with Crippen LogP contribution in [0.1, 0.15) is 39.5 Å². The summed E-state index contributed by atoms with van der Waals surface area (Å²) in [6.45, 7) is 3.93. The highest BCUT2D eigenvalue weighted by atomic mass is 16.4. The topological polar surface area (TPSA) is 74.6 Å². The zero-order valence-corrected chi connectivity index (χ0v) is 9.85. The van der Waals surface area contributed by atoms with Gasteiger partial charge < -0.3 is 10.2 Å². The molecule has 0 heterocycles. The summed E-state index contributed by atoms with van der Waals surface area (Å²) in [6, 6.07) is 0. The molecule has 0 aliphatic carbocycles. The molecule has 0 bridgehead atoms. The first-order chi connectivity index (χ1) is 7.49. The SMILES string of the molecule is CCCCC=CC(C)CC(C(=O)O)C(=O)O. The maximum absolute atomic E-state index is 10.6. The Hall–Kier alpha value is -1.32. The van der Waals surface area contributed by atoms with Gasteiger partial charge in [0, 0.05) is 0 Å². The lowest BCUT2D eigenvalue weighted by atomic mass is 9.95. The molecule has 0 spiro atoms. The standard InChI is InChI=1S/C12H20O4/c1-3-4-5-6-7-9(2)8-10(11(13)14)12(15)16/h6-7,9-10H,3-5,8H2,1-2H3,(H,13,14)(H,15,16). The van der Waals surface area contributed by atoms with Crippen LogP contribution in [0.3, 0.4) is 0 Å². The van der Waals surface area contributed by atoms with Gasteiger partial charge in [0.2, 0.25) is 0 Å². The van der Waals surface area contributed by atoms with Gasteiger partial charge in [0.1, 0.15) is 0 Å². The molecule has 0 rings (SSSR count). The largest absolute Gasteiger partial charge is 0.481 e. The Morgan fingerprint density at radius 3 is 2.25 bits per heavy atom. The van der Waals surface area contributed by atoms with Crippen LogP contribution in [0.2, 0.25) is 0 Å².